The molecular weight excluding hydrogens is 356 g/mol. The first-order chi connectivity index (χ1) is 13.7. The van der Waals surface area contributed by atoms with Crippen LogP contribution in [0, 0.1) is 0 Å². The molecule has 0 saturated carbocycles. The Bertz CT molecular complexity index is 831. The number of methoxy groups -OCH3 is 1. The van der Waals surface area contributed by atoms with E-state index in [0.29, 0.717) is 19.6 Å². The van der Waals surface area contributed by atoms with Gasteiger partial charge in [0, 0.05) is 32.7 Å². The summed E-state index contributed by atoms with van der Waals surface area (Å²) in [4.78, 5) is 17.0. The van der Waals surface area contributed by atoms with Crippen molar-refractivity contribution in [3.8, 4) is 17.2 Å². The summed E-state index contributed by atoms with van der Waals surface area (Å²) in [5.74, 6) is 2.61. The van der Waals surface area contributed by atoms with Gasteiger partial charge in [-0.25, -0.2) is 0 Å². The molecule has 6 nitrogen and oxygen atoms in total. The molecule has 0 N–H and O–H groups in total. The van der Waals surface area contributed by atoms with Gasteiger partial charge < -0.3 is 19.1 Å². The molecule has 6 heteroatoms. The number of fused-ring (bicyclic) bond motifs is 1. The number of piperazine rings is 1. The maximum atomic E-state index is 12.6. The number of hydrogen-bond acceptors (Lipinski definition) is 5. The van der Waals surface area contributed by atoms with Gasteiger partial charge in [-0.1, -0.05) is 18.2 Å². The van der Waals surface area contributed by atoms with Gasteiger partial charge >= 0.3 is 0 Å². The van der Waals surface area contributed by atoms with Crippen LogP contribution >= 0.6 is 0 Å². The van der Waals surface area contributed by atoms with Crippen molar-refractivity contribution in [3.05, 3.63) is 53.6 Å². The van der Waals surface area contributed by atoms with E-state index in [2.05, 4.69) is 17.0 Å². The van der Waals surface area contributed by atoms with Crippen molar-refractivity contribution in [1.29, 1.82) is 0 Å². The highest BCUT2D eigenvalue weighted by Crippen LogP contribution is 2.31. The van der Waals surface area contributed by atoms with Crippen LogP contribution in [0.15, 0.2) is 42.5 Å². The number of carbonyl (C=O) groups is 1. The molecule has 148 valence electrons. The van der Waals surface area contributed by atoms with E-state index in [-0.39, 0.29) is 5.91 Å². The second kappa shape index (κ2) is 8.52. The fourth-order valence-corrected chi connectivity index (χ4v) is 3.67. The summed E-state index contributed by atoms with van der Waals surface area (Å²) in [7, 11) is 1.64. The Morgan fingerprint density at radius 3 is 2.54 bits per heavy atom. The van der Waals surface area contributed by atoms with E-state index < -0.39 is 0 Å². The minimum absolute atomic E-state index is 0.173. The fraction of sp³-hybridized carbons (Fsp3) is 0.409. The van der Waals surface area contributed by atoms with Crippen molar-refractivity contribution in [3.63, 3.8) is 0 Å². The zero-order valence-corrected chi connectivity index (χ0v) is 16.2. The molecule has 1 amide bonds. The van der Waals surface area contributed by atoms with Gasteiger partial charge in [0.05, 0.1) is 13.5 Å². The summed E-state index contributed by atoms with van der Waals surface area (Å²) >= 11 is 0. The quantitative estimate of drug-likeness (QED) is 0.795. The van der Waals surface area contributed by atoms with Gasteiger partial charge in [-0.3, -0.25) is 9.69 Å². The highest BCUT2D eigenvalue weighted by atomic mass is 16.6. The third kappa shape index (κ3) is 4.39. The van der Waals surface area contributed by atoms with E-state index in [1.807, 2.05) is 35.2 Å². The molecule has 2 aliphatic heterocycles. The molecule has 2 heterocycles. The molecule has 1 saturated heterocycles. The van der Waals surface area contributed by atoms with E-state index in [1.165, 1.54) is 5.56 Å². The summed E-state index contributed by atoms with van der Waals surface area (Å²) in [6, 6.07) is 13.9. The van der Waals surface area contributed by atoms with Gasteiger partial charge in [0.2, 0.25) is 5.91 Å². The van der Waals surface area contributed by atoms with Crippen molar-refractivity contribution >= 4 is 5.91 Å². The Balaban J connectivity index is 1.29. The lowest BCUT2D eigenvalue weighted by molar-refractivity contribution is -0.132. The van der Waals surface area contributed by atoms with Gasteiger partial charge in [0.15, 0.2) is 11.5 Å². The number of carbonyl (C=O) groups excluding carboxylic acids is 1. The number of ether oxygens (including phenoxy) is 3. The number of hydrogen-bond donors (Lipinski definition) is 0. The summed E-state index contributed by atoms with van der Waals surface area (Å²) in [6.07, 6.45) is 0.416. The number of rotatable bonds is 5. The molecule has 0 spiro atoms. The molecule has 4 rings (SSSR count). The molecule has 2 aromatic carbocycles. The molecule has 0 aromatic heterocycles. The molecule has 1 fully saturated rings. The Kier molecular flexibility index (Phi) is 5.67. The van der Waals surface area contributed by atoms with Crippen LogP contribution in [0.3, 0.4) is 0 Å². The van der Waals surface area contributed by atoms with Gasteiger partial charge in [0.25, 0.3) is 0 Å². The second-order valence-electron chi connectivity index (χ2n) is 7.16. The van der Waals surface area contributed by atoms with Crippen LogP contribution in [0.4, 0.5) is 0 Å². The predicted octanol–water partition coefficient (Wildman–Crippen LogP) is 2.35. The molecule has 0 aliphatic carbocycles. The molecule has 0 bridgehead atoms. The highest BCUT2D eigenvalue weighted by molar-refractivity contribution is 5.79. The molecule has 2 aromatic rings. The van der Waals surface area contributed by atoms with Crippen molar-refractivity contribution in [1.82, 2.24) is 9.80 Å². The first-order valence-corrected chi connectivity index (χ1v) is 9.73. The summed E-state index contributed by atoms with van der Waals surface area (Å²) < 4.78 is 16.5. The predicted molar refractivity (Wildman–Crippen MR) is 106 cm³/mol. The van der Waals surface area contributed by atoms with Crippen LogP contribution in [-0.2, 0) is 17.8 Å². The van der Waals surface area contributed by atoms with Crippen molar-refractivity contribution in [2.45, 2.75) is 13.0 Å². The average Bonchev–Trinajstić information content (AvgIpc) is 2.74. The standard InChI is InChI=1S/C22H26N2O4/c1-26-19-4-2-3-17(13-19)15-22(25)24-9-7-23(8-10-24)16-18-5-6-20-21(14-18)28-12-11-27-20/h2-6,13-14H,7-12,15-16H2,1H3. The minimum Gasteiger partial charge on any atom is -0.497 e. The number of benzene rings is 2. The van der Waals surface area contributed by atoms with E-state index in [4.69, 9.17) is 14.2 Å². The minimum atomic E-state index is 0.173. The molecular formula is C22H26N2O4. The number of nitrogens with zero attached hydrogens (tertiary/aromatic N) is 2. The lowest BCUT2D eigenvalue weighted by Gasteiger charge is -2.35. The van der Waals surface area contributed by atoms with Crippen LogP contribution < -0.4 is 14.2 Å². The van der Waals surface area contributed by atoms with Crippen molar-refractivity contribution in [2.24, 2.45) is 0 Å². The van der Waals surface area contributed by atoms with Gasteiger partial charge in [0.1, 0.15) is 19.0 Å². The van der Waals surface area contributed by atoms with E-state index in [0.717, 1.165) is 55.5 Å². The number of amides is 1. The second-order valence-corrected chi connectivity index (χ2v) is 7.16. The zero-order valence-electron chi connectivity index (χ0n) is 16.2. The van der Waals surface area contributed by atoms with Gasteiger partial charge in [-0.15, -0.1) is 0 Å². The molecule has 0 radical (unpaired) electrons. The molecule has 0 atom stereocenters. The smallest absolute Gasteiger partial charge is 0.227 e. The topological polar surface area (TPSA) is 51.2 Å². The molecule has 0 unspecified atom stereocenters. The lowest BCUT2D eigenvalue weighted by atomic mass is 10.1. The van der Waals surface area contributed by atoms with Crippen LogP contribution in [-0.4, -0.2) is 62.2 Å². The largest absolute Gasteiger partial charge is 0.497 e. The first kappa shape index (κ1) is 18.6. The SMILES string of the molecule is COc1cccc(CC(=O)N2CCN(Cc3ccc4c(c3)OCCO4)CC2)c1. The summed E-state index contributed by atoms with van der Waals surface area (Å²) in [6.45, 7) is 5.33. The summed E-state index contributed by atoms with van der Waals surface area (Å²) in [5.41, 5.74) is 2.20. The van der Waals surface area contributed by atoms with Crippen molar-refractivity contribution < 1.29 is 19.0 Å². The molecule has 28 heavy (non-hydrogen) atoms. The summed E-state index contributed by atoms with van der Waals surface area (Å²) in [5, 5.41) is 0. The fourth-order valence-electron chi connectivity index (χ4n) is 3.67. The Morgan fingerprint density at radius 2 is 1.75 bits per heavy atom. The van der Waals surface area contributed by atoms with Crippen molar-refractivity contribution in [2.75, 3.05) is 46.5 Å². The third-order valence-corrected chi connectivity index (χ3v) is 5.23. The van der Waals surface area contributed by atoms with Crippen LogP contribution in [0.2, 0.25) is 0 Å². The molecule has 2 aliphatic rings. The zero-order chi connectivity index (χ0) is 19.3. The normalized spacial score (nSPS) is 16.7. The van der Waals surface area contributed by atoms with Gasteiger partial charge in [-0.2, -0.15) is 0 Å². The van der Waals surface area contributed by atoms with Crippen LogP contribution in [0.1, 0.15) is 11.1 Å². The Hall–Kier alpha value is -2.73. The van der Waals surface area contributed by atoms with E-state index >= 15 is 0 Å². The third-order valence-electron chi connectivity index (χ3n) is 5.23. The van der Waals surface area contributed by atoms with Crippen LogP contribution in [0.25, 0.3) is 0 Å². The Labute approximate surface area is 165 Å². The average molecular weight is 382 g/mol. The van der Waals surface area contributed by atoms with E-state index in [9.17, 15) is 4.79 Å². The Morgan fingerprint density at radius 1 is 0.964 bits per heavy atom. The maximum absolute atomic E-state index is 12.6. The van der Waals surface area contributed by atoms with Gasteiger partial charge in [-0.05, 0) is 35.4 Å². The maximum Gasteiger partial charge on any atom is 0.227 e. The lowest BCUT2D eigenvalue weighted by Crippen LogP contribution is -2.48. The van der Waals surface area contributed by atoms with Crippen LogP contribution in [0.5, 0.6) is 17.2 Å². The first-order valence-electron chi connectivity index (χ1n) is 9.73. The van der Waals surface area contributed by atoms with E-state index in [1.54, 1.807) is 7.11 Å². The highest BCUT2D eigenvalue weighted by Gasteiger charge is 2.22. The monoisotopic (exact) mass is 382 g/mol.